The van der Waals surface area contributed by atoms with E-state index in [1.165, 1.54) is 17.4 Å². The van der Waals surface area contributed by atoms with Crippen molar-refractivity contribution < 1.29 is 9.21 Å². The predicted molar refractivity (Wildman–Crippen MR) is 114 cm³/mol. The summed E-state index contributed by atoms with van der Waals surface area (Å²) in [7, 11) is 0. The fourth-order valence-corrected chi connectivity index (χ4v) is 4.23. The van der Waals surface area contributed by atoms with Gasteiger partial charge in [0.25, 0.3) is 5.22 Å². The number of benzene rings is 1. The lowest BCUT2D eigenvalue weighted by atomic mass is 9.99. The predicted octanol–water partition coefficient (Wildman–Crippen LogP) is 4.32. The standard InChI is InChI=1S/C21H30N4O2S/c1-5-24(6-2)18-9-7-17(8-10-18)19-22-23-21(27-19)28-16(4)20(26)25-13-11-15(3)12-14-25/h7-10,15-16H,5-6,11-14H2,1-4H3. The van der Waals surface area contributed by atoms with Crippen molar-refractivity contribution in [1.29, 1.82) is 0 Å². The average molecular weight is 403 g/mol. The quantitative estimate of drug-likeness (QED) is 0.643. The summed E-state index contributed by atoms with van der Waals surface area (Å²) >= 11 is 1.34. The summed E-state index contributed by atoms with van der Waals surface area (Å²) < 4.78 is 5.80. The Hall–Kier alpha value is -2.02. The van der Waals surface area contributed by atoms with E-state index in [0.717, 1.165) is 44.6 Å². The van der Waals surface area contributed by atoms with Crippen LogP contribution in [0.3, 0.4) is 0 Å². The van der Waals surface area contributed by atoms with E-state index < -0.39 is 0 Å². The van der Waals surface area contributed by atoms with Crippen LogP contribution in [-0.4, -0.2) is 52.4 Å². The molecule has 1 unspecified atom stereocenters. The van der Waals surface area contributed by atoms with Crippen molar-refractivity contribution in [3.63, 3.8) is 0 Å². The Balaban J connectivity index is 1.61. The Morgan fingerprint density at radius 3 is 2.46 bits per heavy atom. The van der Waals surface area contributed by atoms with Gasteiger partial charge in [0.05, 0.1) is 5.25 Å². The first-order valence-electron chi connectivity index (χ1n) is 10.2. The lowest BCUT2D eigenvalue weighted by Crippen LogP contribution is -2.41. The first-order chi connectivity index (χ1) is 13.5. The molecule has 0 N–H and O–H groups in total. The summed E-state index contributed by atoms with van der Waals surface area (Å²) in [6.45, 7) is 12.1. The third-order valence-corrected chi connectivity index (χ3v) is 6.29. The van der Waals surface area contributed by atoms with Crippen molar-refractivity contribution in [2.24, 2.45) is 5.92 Å². The zero-order valence-corrected chi connectivity index (χ0v) is 18.0. The zero-order valence-electron chi connectivity index (χ0n) is 17.2. The van der Waals surface area contributed by atoms with Gasteiger partial charge >= 0.3 is 0 Å². The normalized spacial score (nSPS) is 16.2. The third-order valence-electron chi connectivity index (χ3n) is 5.37. The summed E-state index contributed by atoms with van der Waals surface area (Å²) in [6.07, 6.45) is 2.16. The number of amides is 1. The summed E-state index contributed by atoms with van der Waals surface area (Å²) in [5.41, 5.74) is 2.07. The molecule has 1 aromatic carbocycles. The molecule has 2 aromatic rings. The Bertz CT molecular complexity index is 765. The second kappa shape index (κ2) is 9.45. The molecule has 0 radical (unpaired) electrons. The van der Waals surface area contributed by atoms with Crippen molar-refractivity contribution in [2.45, 2.75) is 51.0 Å². The van der Waals surface area contributed by atoms with E-state index in [2.05, 4.69) is 48.0 Å². The highest BCUT2D eigenvalue weighted by Crippen LogP contribution is 2.29. The molecule has 1 aromatic heterocycles. The molecular weight excluding hydrogens is 372 g/mol. The van der Waals surface area contributed by atoms with Gasteiger partial charge in [-0.15, -0.1) is 10.2 Å². The number of hydrogen-bond donors (Lipinski definition) is 0. The number of rotatable bonds is 7. The van der Waals surface area contributed by atoms with Gasteiger partial charge in [0.1, 0.15) is 0 Å². The van der Waals surface area contributed by atoms with Crippen LogP contribution in [0, 0.1) is 5.92 Å². The molecule has 7 heteroatoms. The molecule has 0 saturated carbocycles. The Morgan fingerprint density at radius 2 is 1.86 bits per heavy atom. The first kappa shape index (κ1) is 20.7. The van der Waals surface area contributed by atoms with Gasteiger partial charge in [-0.1, -0.05) is 18.7 Å². The molecule has 2 heterocycles. The first-order valence-corrected chi connectivity index (χ1v) is 11.0. The average Bonchev–Trinajstić information content (AvgIpc) is 3.18. The fourth-order valence-electron chi connectivity index (χ4n) is 3.47. The Kier molecular flexibility index (Phi) is 6.99. The summed E-state index contributed by atoms with van der Waals surface area (Å²) in [5, 5.41) is 8.50. The van der Waals surface area contributed by atoms with Crippen LogP contribution in [0.4, 0.5) is 5.69 Å². The molecular formula is C21H30N4O2S. The number of aromatic nitrogens is 2. The Morgan fingerprint density at radius 1 is 1.21 bits per heavy atom. The summed E-state index contributed by atoms with van der Waals surface area (Å²) in [5.74, 6) is 1.35. The lowest BCUT2D eigenvalue weighted by Gasteiger charge is -2.31. The number of likely N-dealkylation sites (tertiary alicyclic amines) is 1. The van der Waals surface area contributed by atoms with Gasteiger partial charge in [-0.25, -0.2) is 0 Å². The molecule has 0 aliphatic carbocycles. The number of nitrogens with zero attached hydrogens (tertiary/aromatic N) is 4. The summed E-state index contributed by atoms with van der Waals surface area (Å²) in [4.78, 5) is 16.9. The van der Waals surface area contributed by atoms with Crippen LogP contribution >= 0.6 is 11.8 Å². The minimum atomic E-state index is -0.230. The van der Waals surface area contributed by atoms with Crippen LogP contribution in [0.15, 0.2) is 33.9 Å². The second-order valence-electron chi connectivity index (χ2n) is 7.36. The van der Waals surface area contributed by atoms with Crippen LogP contribution in [-0.2, 0) is 4.79 Å². The van der Waals surface area contributed by atoms with Gasteiger partial charge in [-0.3, -0.25) is 4.79 Å². The molecule has 1 atom stereocenters. The van der Waals surface area contributed by atoms with Crippen LogP contribution in [0.1, 0.15) is 40.5 Å². The molecule has 3 rings (SSSR count). The number of piperidine rings is 1. The highest BCUT2D eigenvalue weighted by molar-refractivity contribution is 8.00. The molecule has 0 bridgehead atoms. The molecule has 1 amide bonds. The molecule has 28 heavy (non-hydrogen) atoms. The van der Waals surface area contributed by atoms with E-state index in [-0.39, 0.29) is 11.2 Å². The molecule has 152 valence electrons. The van der Waals surface area contributed by atoms with Gasteiger partial charge in [-0.2, -0.15) is 0 Å². The monoisotopic (exact) mass is 402 g/mol. The minimum Gasteiger partial charge on any atom is -0.411 e. The van der Waals surface area contributed by atoms with Gasteiger partial charge in [0.2, 0.25) is 11.8 Å². The van der Waals surface area contributed by atoms with Crippen molar-refractivity contribution in [1.82, 2.24) is 15.1 Å². The molecule has 1 saturated heterocycles. The highest BCUT2D eigenvalue weighted by Gasteiger charge is 2.26. The van der Waals surface area contributed by atoms with Crippen LogP contribution < -0.4 is 4.90 Å². The zero-order chi connectivity index (χ0) is 20.1. The van der Waals surface area contributed by atoms with Gasteiger partial charge in [0.15, 0.2) is 0 Å². The lowest BCUT2D eigenvalue weighted by molar-refractivity contribution is -0.131. The largest absolute Gasteiger partial charge is 0.411 e. The van der Waals surface area contributed by atoms with E-state index in [4.69, 9.17) is 4.42 Å². The number of carbonyl (C=O) groups is 1. The van der Waals surface area contributed by atoms with Crippen LogP contribution in [0.2, 0.25) is 0 Å². The molecule has 0 spiro atoms. The second-order valence-corrected chi connectivity index (χ2v) is 8.65. The van der Waals surface area contributed by atoms with Gasteiger partial charge < -0.3 is 14.2 Å². The molecule has 6 nitrogen and oxygen atoms in total. The number of anilines is 1. The minimum absolute atomic E-state index is 0.153. The molecule has 1 aliphatic heterocycles. The van der Waals surface area contributed by atoms with Crippen molar-refractivity contribution in [3.05, 3.63) is 24.3 Å². The highest BCUT2D eigenvalue weighted by atomic mass is 32.2. The maximum atomic E-state index is 12.7. The fraction of sp³-hybridized carbons (Fsp3) is 0.571. The van der Waals surface area contributed by atoms with Crippen LogP contribution in [0.5, 0.6) is 0 Å². The third kappa shape index (κ3) is 4.87. The van der Waals surface area contributed by atoms with Crippen LogP contribution in [0.25, 0.3) is 11.5 Å². The van der Waals surface area contributed by atoms with E-state index in [0.29, 0.717) is 17.0 Å². The maximum absolute atomic E-state index is 12.7. The maximum Gasteiger partial charge on any atom is 0.277 e. The smallest absolute Gasteiger partial charge is 0.277 e. The van der Waals surface area contributed by atoms with Gasteiger partial charge in [0, 0.05) is 37.4 Å². The van der Waals surface area contributed by atoms with Crippen molar-refractivity contribution >= 4 is 23.4 Å². The SMILES string of the molecule is CCN(CC)c1ccc(-c2nnc(SC(C)C(=O)N3CCC(C)CC3)o2)cc1. The molecule has 1 aliphatic rings. The van der Waals surface area contributed by atoms with E-state index in [1.54, 1.807) is 0 Å². The number of thioether (sulfide) groups is 1. The topological polar surface area (TPSA) is 62.5 Å². The number of carbonyl (C=O) groups excluding carboxylic acids is 1. The van der Waals surface area contributed by atoms with E-state index >= 15 is 0 Å². The van der Waals surface area contributed by atoms with Crippen molar-refractivity contribution in [3.8, 4) is 11.5 Å². The Labute approximate surface area is 171 Å². The molecule has 1 fully saturated rings. The van der Waals surface area contributed by atoms with Crippen molar-refractivity contribution in [2.75, 3.05) is 31.1 Å². The van der Waals surface area contributed by atoms with Gasteiger partial charge in [-0.05, 0) is 63.8 Å². The summed E-state index contributed by atoms with van der Waals surface area (Å²) in [6, 6.07) is 8.14. The van der Waals surface area contributed by atoms with E-state index in [9.17, 15) is 4.79 Å². The number of hydrogen-bond acceptors (Lipinski definition) is 6. The van der Waals surface area contributed by atoms with E-state index in [1.807, 2.05) is 24.0 Å².